The summed E-state index contributed by atoms with van der Waals surface area (Å²) in [6.07, 6.45) is 2.13. The highest BCUT2D eigenvalue weighted by molar-refractivity contribution is 5.69. The molecule has 1 N–H and O–H groups in total. The van der Waals surface area contributed by atoms with Gasteiger partial charge < -0.3 is 19.5 Å². The third kappa shape index (κ3) is 8.64. The van der Waals surface area contributed by atoms with Crippen molar-refractivity contribution in [3.8, 4) is 0 Å². The van der Waals surface area contributed by atoms with E-state index in [-0.39, 0.29) is 12.6 Å². The van der Waals surface area contributed by atoms with Crippen LogP contribution in [0.2, 0.25) is 0 Å². The number of aliphatic hydroxyl groups is 1. The Balaban J connectivity index is 3.75. The van der Waals surface area contributed by atoms with E-state index in [2.05, 4.69) is 9.64 Å². The highest BCUT2D eigenvalue weighted by atomic mass is 16.5. The van der Waals surface area contributed by atoms with Gasteiger partial charge in [0.1, 0.15) is 0 Å². The zero-order valence-electron chi connectivity index (χ0n) is 10.3. The van der Waals surface area contributed by atoms with Gasteiger partial charge in [-0.2, -0.15) is 0 Å². The van der Waals surface area contributed by atoms with Gasteiger partial charge in [0.25, 0.3) is 0 Å². The second-order valence-electron chi connectivity index (χ2n) is 3.59. The van der Waals surface area contributed by atoms with Crippen LogP contribution in [0.1, 0.15) is 19.3 Å². The van der Waals surface area contributed by atoms with Crippen LogP contribution in [0.3, 0.4) is 0 Å². The molecule has 0 unspecified atom stereocenters. The van der Waals surface area contributed by atoms with Crippen LogP contribution in [0.4, 0.5) is 0 Å². The number of carbonyl (C=O) groups excluding carboxylic acids is 1. The monoisotopic (exact) mass is 233 g/mol. The lowest BCUT2D eigenvalue weighted by Crippen LogP contribution is -2.31. The molecule has 0 spiro atoms. The zero-order chi connectivity index (χ0) is 12.2. The fourth-order valence-corrected chi connectivity index (χ4v) is 1.35. The molecule has 5 heteroatoms. The van der Waals surface area contributed by atoms with E-state index >= 15 is 0 Å². The van der Waals surface area contributed by atoms with Gasteiger partial charge in [0.15, 0.2) is 0 Å². The van der Waals surface area contributed by atoms with Crippen molar-refractivity contribution in [1.29, 1.82) is 0 Å². The van der Waals surface area contributed by atoms with Crippen molar-refractivity contribution in [3.63, 3.8) is 0 Å². The predicted molar refractivity (Wildman–Crippen MR) is 61.3 cm³/mol. The van der Waals surface area contributed by atoms with E-state index in [9.17, 15) is 4.79 Å². The van der Waals surface area contributed by atoms with Crippen molar-refractivity contribution in [1.82, 2.24) is 4.90 Å². The molecule has 0 rings (SSSR count). The second-order valence-corrected chi connectivity index (χ2v) is 3.59. The van der Waals surface area contributed by atoms with E-state index in [4.69, 9.17) is 9.84 Å². The van der Waals surface area contributed by atoms with E-state index in [0.717, 1.165) is 25.9 Å². The maximum atomic E-state index is 11.0. The highest BCUT2D eigenvalue weighted by Crippen LogP contribution is 1.98. The fourth-order valence-electron chi connectivity index (χ4n) is 1.35. The van der Waals surface area contributed by atoms with E-state index < -0.39 is 0 Å². The Hall–Kier alpha value is -0.650. The van der Waals surface area contributed by atoms with Crippen LogP contribution >= 0.6 is 0 Å². The lowest BCUT2D eigenvalue weighted by Gasteiger charge is -2.21. The number of rotatable bonds is 10. The number of unbranched alkanes of at least 4 members (excludes halogenated alkanes) is 1. The smallest absolute Gasteiger partial charge is 0.306 e. The molecule has 16 heavy (non-hydrogen) atoms. The Morgan fingerprint density at radius 1 is 1.19 bits per heavy atom. The largest absolute Gasteiger partial charge is 0.469 e. The fraction of sp³-hybridized carbons (Fsp3) is 0.909. The van der Waals surface area contributed by atoms with Crippen LogP contribution in [0.5, 0.6) is 0 Å². The molecule has 0 saturated carbocycles. The summed E-state index contributed by atoms with van der Waals surface area (Å²) in [4.78, 5) is 13.1. The van der Waals surface area contributed by atoms with Gasteiger partial charge in [-0.1, -0.05) is 0 Å². The van der Waals surface area contributed by atoms with Gasteiger partial charge in [0.05, 0.1) is 20.1 Å². The minimum Gasteiger partial charge on any atom is -0.469 e. The molecule has 0 aromatic rings. The maximum absolute atomic E-state index is 11.0. The standard InChI is InChI=1S/C11H23NO4/c1-15-10-8-12(6-3-4-9-13)7-5-11(14)16-2/h13H,3-10H2,1-2H3. The quantitative estimate of drug-likeness (QED) is 0.433. The van der Waals surface area contributed by atoms with Crippen LogP contribution in [0.15, 0.2) is 0 Å². The van der Waals surface area contributed by atoms with Crippen molar-refractivity contribution in [2.45, 2.75) is 19.3 Å². The third-order valence-corrected chi connectivity index (χ3v) is 2.35. The molecule has 0 aliphatic heterocycles. The van der Waals surface area contributed by atoms with Crippen LogP contribution in [0.25, 0.3) is 0 Å². The molecule has 0 aromatic carbocycles. The molecule has 5 nitrogen and oxygen atoms in total. The van der Waals surface area contributed by atoms with Crippen molar-refractivity contribution in [2.24, 2.45) is 0 Å². The normalized spacial score (nSPS) is 10.8. The number of hydrogen-bond acceptors (Lipinski definition) is 5. The van der Waals surface area contributed by atoms with E-state index in [1.807, 2.05) is 0 Å². The molecular weight excluding hydrogens is 210 g/mol. The number of methoxy groups -OCH3 is 2. The average molecular weight is 233 g/mol. The number of nitrogens with zero attached hydrogens (tertiary/aromatic N) is 1. The molecule has 0 aliphatic carbocycles. The summed E-state index contributed by atoms with van der Waals surface area (Å²) in [6, 6.07) is 0. The van der Waals surface area contributed by atoms with Gasteiger partial charge >= 0.3 is 5.97 Å². The summed E-state index contributed by atoms with van der Waals surface area (Å²) >= 11 is 0. The van der Waals surface area contributed by atoms with Crippen molar-refractivity contribution in [2.75, 3.05) is 47.1 Å². The molecule has 0 heterocycles. The lowest BCUT2D eigenvalue weighted by atomic mass is 10.3. The number of esters is 1. The summed E-state index contributed by atoms with van der Waals surface area (Å²) in [7, 11) is 3.06. The molecule has 0 bridgehead atoms. The SMILES string of the molecule is COCCN(CCCCO)CCC(=O)OC. The summed E-state index contributed by atoms with van der Waals surface area (Å²) < 4.78 is 9.60. The molecule has 0 aromatic heterocycles. The zero-order valence-corrected chi connectivity index (χ0v) is 10.3. The summed E-state index contributed by atoms with van der Waals surface area (Å²) in [5.41, 5.74) is 0. The van der Waals surface area contributed by atoms with Crippen LogP contribution in [-0.2, 0) is 14.3 Å². The molecular formula is C11H23NO4. The van der Waals surface area contributed by atoms with E-state index in [1.165, 1.54) is 7.11 Å². The second kappa shape index (κ2) is 10.9. The van der Waals surface area contributed by atoms with Crippen molar-refractivity contribution < 1.29 is 19.4 Å². The first-order chi connectivity index (χ1) is 7.74. The summed E-state index contributed by atoms with van der Waals surface area (Å²) in [5, 5.41) is 8.69. The van der Waals surface area contributed by atoms with Crippen LogP contribution < -0.4 is 0 Å². The van der Waals surface area contributed by atoms with Gasteiger partial charge in [0.2, 0.25) is 0 Å². The van der Waals surface area contributed by atoms with Gasteiger partial charge in [-0.25, -0.2) is 0 Å². The Labute approximate surface area is 97.3 Å². The van der Waals surface area contributed by atoms with Gasteiger partial charge in [0, 0.05) is 26.8 Å². The molecule has 0 saturated heterocycles. The van der Waals surface area contributed by atoms with Crippen LogP contribution in [0, 0.1) is 0 Å². The predicted octanol–water partition coefficient (Wildman–Crippen LogP) is 0.270. The first-order valence-electron chi connectivity index (χ1n) is 5.63. The minimum absolute atomic E-state index is 0.190. The van der Waals surface area contributed by atoms with Crippen LogP contribution in [-0.4, -0.2) is 63.0 Å². The Morgan fingerprint density at radius 3 is 2.50 bits per heavy atom. The topological polar surface area (TPSA) is 59.0 Å². The molecule has 0 fully saturated rings. The number of carbonyl (C=O) groups is 1. The molecule has 0 amide bonds. The summed E-state index contributed by atoms with van der Waals surface area (Å²) in [6.45, 7) is 3.23. The Bertz CT molecular complexity index is 175. The molecule has 0 radical (unpaired) electrons. The maximum Gasteiger partial charge on any atom is 0.306 e. The van der Waals surface area contributed by atoms with E-state index in [0.29, 0.717) is 19.6 Å². The molecule has 96 valence electrons. The number of ether oxygens (including phenoxy) is 2. The van der Waals surface area contributed by atoms with Gasteiger partial charge in [-0.3, -0.25) is 4.79 Å². The van der Waals surface area contributed by atoms with E-state index in [1.54, 1.807) is 7.11 Å². The summed E-state index contributed by atoms with van der Waals surface area (Å²) in [5.74, 6) is -0.190. The average Bonchev–Trinajstić information content (AvgIpc) is 2.31. The van der Waals surface area contributed by atoms with Gasteiger partial charge in [-0.15, -0.1) is 0 Å². The van der Waals surface area contributed by atoms with Crippen molar-refractivity contribution in [3.05, 3.63) is 0 Å². The molecule has 0 atom stereocenters. The third-order valence-electron chi connectivity index (χ3n) is 2.35. The van der Waals surface area contributed by atoms with Gasteiger partial charge in [-0.05, 0) is 19.4 Å². The lowest BCUT2D eigenvalue weighted by molar-refractivity contribution is -0.141. The first-order valence-corrected chi connectivity index (χ1v) is 5.63. The number of hydrogen-bond donors (Lipinski definition) is 1. The number of aliphatic hydroxyl groups excluding tert-OH is 1. The Kier molecular flexibility index (Phi) is 10.4. The molecule has 0 aliphatic rings. The van der Waals surface area contributed by atoms with Crippen molar-refractivity contribution >= 4 is 5.97 Å². The first kappa shape index (κ1) is 15.3. The minimum atomic E-state index is -0.190. The highest BCUT2D eigenvalue weighted by Gasteiger charge is 2.07. The Morgan fingerprint density at radius 2 is 1.94 bits per heavy atom.